The molecule has 9 nitrogen and oxygen atoms in total. The van der Waals surface area contributed by atoms with Crippen LogP contribution < -0.4 is 16.4 Å². The maximum absolute atomic E-state index is 12.6. The Kier molecular flexibility index (Phi) is 8.00. The smallest absolute Gasteiger partial charge is 0.410 e. The van der Waals surface area contributed by atoms with Crippen LogP contribution >= 0.6 is 24.0 Å². The second kappa shape index (κ2) is 9.88. The normalized spacial score (nSPS) is 23.5. The number of rotatable bonds is 4. The number of furan rings is 1. The number of carbonyl (C=O) groups excluding carboxylic acids is 2. The van der Waals surface area contributed by atoms with E-state index in [1.54, 1.807) is 19.2 Å². The van der Waals surface area contributed by atoms with Gasteiger partial charge < -0.3 is 30.4 Å². The lowest BCUT2D eigenvalue weighted by atomic mass is 9.98. The Hall–Kier alpha value is -1.98. The van der Waals surface area contributed by atoms with Gasteiger partial charge in [0.1, 0.15) is 11.4 Å². The largest absolute Gasteiger partial charge is 0.454 e. The van der Waals surface area contributed by atoms with E-state index < -0.39 is 11.5 Å². The molecule has 0 radical (unpaired) electrons. The first-order valence-corrected chi connectivity index (χ1v) is 10.0. The lowest BCUT2D eigenvalue weighted by molar-refractivity contribution is 0.00543. The number of guanidine groups is 1. The van der Waals surface area contributed by atoms with E-state index >= 15 is 0 Å². The molecule has 2 unspecified atom stereocenters. The number of primary amides is 1. The van der Waals surface area contributed by atoms with E-state index in [2.05, 4.69) is 15.6 Å². The van der Waals surface area contributed by atoms with Gasteiger partial charge in [-0.3, -0.25) is 9.79 Å². The van der Waals surface area contributed by atoms with E-state index in [1.807, 2.05) is 25.7 Å². The molecule has 10 heteroatoms. The summed E-state index contributed by atoms with van der Waals surface area (Å²) < 4.78 is 11.0. The van der Waals surface area contributed by atoms with E-state index in [0.29, 0.717) is 18.3 Å². The van der Waals surface area contributed by atoms with E-state index in [0.717, 1.165) is 25.7 Å². The second-order valence-electron chi connectivity index (χ2n) is 8.64. The highest BCUT2D eigenvalue weighted by Gasteiger charge is 2.45. The van der Waals surface area contributed by atoms with E-state index in [9.17, 15) is 9.59 Å². The van der Waals surface area contributed by atoms with Gasteiger partial charge in [0.2, 0.25) is 0 Å². The summed E-state index contributed by atoms with van der Waals surface area (Å²) in [6.07, 6.45) is 3.48. The number of nitrogens with two attached hydrogens (primary N) is 1. The van der Waals surface area contributed by atoms with Gasteiger partial charge in [-0.25, -0.2) is 4.79 Å². The average molecular weight is 533 g/mol. The Bertz CT molecular complexity index is 774. The van der Waals surface area contributed by atoms with Crippen molar-refractivity contribution >= 4 is 41.9 Å². The van der Waals surface area contributed by atoms with Gasteiger partial charge in [-0.2, -0.15) is 0 Å². The number of aliphatic imine (C=N–C) groups is 1. The number of halogens is 1. The predicted molar refractivity (Wildman–Crippen MR) is 124 cm³/mol. The highest BCUT2D eigenvalue weighted by Crippen LogP contribution is 2.36. The van der Waals surface area contributed by atoms with Gasteiger partial charge in [0.15, 0.2) is 11.7 Å². The quantitative estimate of drug-likeness (QED) is 0.311. The maximum Gasteiger partial charge on any atom is 0.410 e. The lowest BCUT2D eigenvalue weighted by Gasteiger charge is -2.40. The van der Waals surface area contributed by atoms with Crippen molar-refractivity contribution in [2.24, 2.45) is 10.7 Å². The molecule has 0 aromatic carbocycles. The van der Waals surface area contributed by atoms with E-state index in [-0.39, 0.29) is 54.0 Å². The first-order chi connectivity index (χ1) is 13.7. The number of ether oxygens (including phenoxy) is 1. The van der Waals surface area contributed by atoms with Gasteiger partial charge in [-0.05, 0) is 58.6 Å². The minimum Gasteiger partial charge on any atom is -0.454 e. The number of nitrogens with zero attached hydrogens (tertiary/aromatic N) is 2. The molecule has 1 aromatic heterocycles. The summed E-state index contributed by atoms with van der Waals surface area (Å²) in [7, 11) is 1.71. The molecule has 0 saturated carbocycles. The average Bonchev–Trinajstić information content (AvgIpc) is 3.20. The van der Waals surface area contributed by atoms with Crippen molar-refractivity contribution in [3.8, 4) is 0 Å². The topological polar surface area (TPSA) is 122 Å². The fourth-order valence-electron chi connectivity index (χ4n) is 4.07. The van der Waals surface area contributed by atoms with Crippen LogP contribution in [0.1, 0.15) is 62.8 Å². The van der Waals surface area contributed by atoms with E-state index in [4.69, 9.17) is 14.9 Å². The van der Waals surface area contributed by atoms with Crippen LogP contribution in [0, 0.1) is 0 Å². The van der Waals surface area contributed by atoms with Gasteiger partial charge in [0, 0.05) is 25.2 Å². The summed E-state index contributed by atoms with van der Waals surface area (Å²) in [5.74, 6) is 0.792. The maximum atomic E-state index is 12.6. The second-order valence-corrected chi connectivity index (χ2v) is 8.64. The van der Waals surface area contributed by atoms with Crippen molar-refractivity contribution in [3.63, 3.8) is 0 Å². The molecule has 3 rings (SSSR count). The van der Waals surface area contributed by atoms with Crippen LogP contribution in [0.15, 0.2) is 21.5 Å². The molecule has 2 saturated heterocycles. The van der Waals surface area contributed by atoms with Crippen LogP contribution in [0.25, 0.3) is 0 Å². The van der Waals surface area contributed by atoms with E-state index in [1.165, 1.54) is 0 Å². The lowest BCUT2D eigenvalue weighted by Crippen LogP contribution is -2.54. The SMILES string of the molecule is CN=C(NCc1ccc(C(N)=O)o1)NC1CC2CCC(C1)N2C(=O)OC(C)(C)C.I. The standard InChI is InChI=1S/C20H31N5O4.HI/c1-20(2,3)29-19(27)25-13-5-6-14(25)10-12(9-13)24-18(22-4)23-11-15-7-8-16(28-15)17(21)26;/h7-8,12-14H,5-6,9-11H2,1-4H3,(H2,21,26)(H2,22,23,24);1H. The van der Waals surface area contributed by atoms with Gasteiger partial charge in [0.05, 0.1) is 6.54 Å². The zero-order valence-corrected chi connectivity index (χ0v) is 20.3. The Morgan fingerprint density at radius 2 is 1.90 bits per heavy atom. The third-order valence-corrected chi connectivity index (χ3v) is 5.24. The summed E-state index contributed by atoms with van der Waals surface area (Å²) in [5, 5.41) is 6.63. The number of piperidine rings is 1. The highest BCUT2D eigenvalue weighted by molar-refractivity contribution is 14.0. The number of carbonyl (C=O) groups is 2. The van der Waals surface area contributed by atoms with Crippen molar-refractivity contribution in [2.45, 2.75) is 76.7 Å². The molecule has 2 atom stereocenters. The monoisotopic (exact) mass is 533 g/mol. The molecule has 2 bridgehead atoms. The summed E-state index contributed by atoms with van der Waals surface area (Å²) in [5.41, 5.74) is 4.72. The third kappa shape index (κ3) is 6.02. The summed E-state index contributed by atoms with van der Waals surface area (Å²) in [6.45, 7) is 6.06. The molecule has 3 heterocycles. The fourth-order valence-corrected chi connectivity index (χ4v) is 4.07. The van der Waals surface area contributed by atoms with Crippen LogP contribution in [0.3, 0.4) is 0 Å². The summed E-state index contributed by atoms with van der Waals surface area (Å²) in [4.78, 5) is 29.9. The summed E-state index contributed by atoms with van der Waals surface area (Å²) >= 11 is 0. The van der Waals surface area contributed by atoms with Crippen LogP contribution in [-0.4, -0.2) is 53.6 Å². The van der Waals surface area contributed by atoms with Gasteiger partial charge >= 0.3 is 6.09 Å². The molecule has 0 aliphatic carbocycles. The molecule has 2 aliphatic rings. The molecule has 2 amide bonds. The Labute approximate surface area is 194 Å². The first-order valence-electron chi connectivity index (χ1n) is 10.0. The highest BCUT2D eigenvalue weighted by atomic mass is 127. The van der Waals surface area contributed by atoms with Crippen molar-refractivity contribution in [3.05, 3.63) is 23.7 Å². The molecule has 4 N–H and O–H groups in total. The summed E-state index contributed by atoms with van der Waals surface area (Å²) in [6, 6.07) is 3.85. The molecule has 168 valence electrons. The minimum atomic E-state index is -0.592. The van der Waals surface area contributed by atoms with Crippen LogP contribution in [0.2, 0.25) is 0 Å². The number of hydrogen-bond acceptors (Lipinski definition) is 5. The zero-order valence-electron chi connectivity index (χ0n) is 17.9. The zero-order chi connectivity index (χ0) is 21.2. The molecule has 0 spiro atoms. The van der Waals surface area contributed by atoms with Crippen molar-refractivity contribution in [1.82, 2.24) is 15.5 Å². The molecule has 2 aliphatic heterocycles. The van der Waals surface area contributed by atoms with Crippen molar-refractivity contribution < 1.29 is 18.7 Å². The van der Waals surface area contributed by atoms with Gasteiger partial charge in [0.25, 0.3) is 5.91 Å². The molecular formula is C20H32IN5O4. The Morgan fingerprint density at radius 1 is 1.27 bits per heavy atom. The van der Waals surface area contributed by atoms with Crippen LogP contribution in [-0.2, 0) is 11.3 Å². The van der Waals surface area contributed by atoms with Gasteiger partial charge in [-0.1, -0.05) is 0 Å². The molecule has 1 aromatic rings. The molecule has 2 fully saturated rings. The minimum absolute atomic E-state index is 0. The number of amides is 2. The van der Waals surface area contributed by atoms with Crippen molar-refractivity contribution in [1.29, 1.82) is 0 Å². The van der Waals surface area contributed by atoms with Crippen molar-refractivity contribution in [2.75, 3.05) is 7.05 Å². The number of fused-ring (bicyclic) bond motifs is 2. The van der Waals surface area contributed by atoms with Crippen LogP contribution in [0.5, 0.6) is 0 Å². The predicted octanol–water partition coefficient (Wildman–Crippen LogP) is 2.59. The number of nitrogens with one attached hydrogen (secondary N) is 2. The fraction of sp³-hybridized carbons (Fsp3) is 0.650. The molecule has 30 heavy (non-hydrogen) atoms. The number of hydrogen-bond donors (Lipinski definition) is 3. The molecular weight excluding hydrogens is 501 g/mol. The third-order valence-electron chi connectivity index (χ3n) is 5.24. The first kappa shape index (κ1) is 24.3. The van der Waals surface area contributed by atoms with Crippen LogP contribution in [0.4, 0.5) is 4.79 Å². The van der Waals surface area contributed by atoms with Gasteiger partial charge in [-0.15, -0.1) is 24.0 Å². The Balaban J connectivity index is 0.00000320. The Morgan fingerprint density at radius 3 is 2.40 bits per heavy atom.